The minimum absolute atomic E-state index is 0.129. The zero-order chi connectivity index (χ0) is 22.3. The predicted octanol–water partition coefficient (Wildman–Crippen LogP) is 0.983. The summed E-state index contributed by atoms with van der Waals surface area (Å²) in [6.45, 7) is 0.239. The third kappa shape index (κ3) is 3.80. The number of piperidine rings is 1. The van der Waals surface area contributed by atoms with Gasteiger partial charge in [0.2, 0.25) is 17.7 Å². The van der Waals surface area contributed by atoms with E-state index in [9.17, 15) is 19.2 Å². The normalized spacial score (nSPS) is 20.3. The number of nitrogens with zero attached hydrogens (tertiary/aromatic N) is 1. The number of benzene rings is 2. The molecule has 0 aromatic heterocycles. The highest BCUT2D eigenvalue weighted by molar-refractivity contribution is 6.30. The van der Waals surface area contributed by atoms with E-state index < -0.39 is 23.4 Å². The van der Waals surface area contributed by atoms with Crippen molar-refractivity contribution in [3.05, 3.63) is 69.7 Å². The topological polar surface area (TPSA) is 136 Å². The number of rotatable bonds is 5. The fourth-order valence-electron chi connectivity index (χ4n) is 4.14. The molecule has 5 N–H and O–H groups in total. The zero-order valence-corrected chi connectivity index (χ0v) is 17.3. The molecule has 4 amide bonds. The Morgan fingerprint density at radius 1 is 1.16 bits per heavy atom. The van der Waals surface area contributed by atoms with Crippen LogP contribution in [-0.4, -0.2) is 34.6 Å². The average molecular weight is 441 g/mol. The van der Waals surface area contributed by atoms with E-state index in [4.69, 9.17) is 23.1 Å². The average Bonchev–Trinajstić information content (AvgIpc) is 3.04. The largest absolute Gasteiger partial charge is 0.368 e. The number of imide groups is 1. The summed E-state index contributed by atoms with van der Waals surface area (Å²) in [5.41, 5.74) is 13.1. The number of carbonyl (C=O) groups excluding carboxylic acids is 4. The van der Waals surface area contributed by atoms with Crippen LogP contribution in [-0.2, 0) is 32.9 Å². The Bertz CT molecular complexity index is 1100. The number of nitrogens with one attached hydrogen (secondary N) is 1. The summed E-state index contributed by atoms with van der Waals surface area (Å²) in [6.07, 6.45) is 0.614. The number of carbonyl (C=O) groups is 4. The van der Waals surface area contributed by atoms with E-state index in [1.807, 2.05) is 0 Å². The first kappa shape index (κ1) is 21.0. The van der Waals surface area contributed by atoms with E-state index in [0.29, 0.717) is 22.6 Å². The molecule has 1 fully saturated rings. The predicted molar refractivity (Wildman–Crippen MR) is 113 cm³/mol. The van der Waals surface area contributed by atoms with Gasteiger partial charge in [0.1, 0.15) is 11.6 Å². The van der Waals surface area contributed by atoms with Crippen LogP contribution in [0.4, 0.5) is 0 Å². The lowest BCUT2D eigenvalue weighted by molar-refractivity contribution is -0.137. The van der Waals surface area contributed by atoms with Crippen molar-refractivity contribution >= 4 is 35.2 Å². The van der Waals surface area contributed by atoms with Gasteiger partial charge in [-0.2, -0.15) is 0 Å². The summed E-state index contributed by atoms with van der Waals surface area (Å²) in [6, 6.07) is 11.1. The van der Waals surface area contributed by atoms with Crippen LogP contribution in [0.1, 0.15) is 39.9 Å². The maximum absolute atomic E-state index is 12.8. The van der Waals surface area contributed by atoms with Crippen molar-refractivity contribution in [2.24, 2.45) is 11.5 Å². The molecular formula is C22H21ClN4O4. The first-order valence-corrected chi connectivity index (χ1v) is 10.2. The van der Waals surface area contributed by atoms with Gasteiger partial charge in [-0.25, -0.2) is 0 Å². The van der Waals surface area contributed by atoms with Crippen LogP contribution in [0.5, 0.6) is 0 Å². The molecule has 0 radical (unpaired) electrons. The molecule has 2 heterocycles. The molecule has 0 saturated carbocycles. The third-order valence-corrected chi connectivity index (χ3v) is 6.12. The van der Waals surface area contributed by atoms with Gasteiger partial charge in [0.25, 0.3) is 5.91 Å². The van der Waals surface area contributed by atoms with Crippen molar-refractivity contribution in [1.29, 1.82) is 0 Å². The molecule has 31 heavy (non-hydrogen) atoms. The summed E-state index contributed by atoms with van der Waals surface area (Å²) in [4.78, 5) is 50.2. The molecule has 2 aliphatic rings. The lowest BCUT2D eigenvalue weighted by atomic mass is 9.83. The molecule has 2 aliphatic heterocycles. The SMILES string of the molecule is NC(=O)C(N)(Cc1ccc2c(c1)CN(C1CCC(=O)NC1=O)C2=O)c1ccc(Cl)cc1. The summed E-state index contributed by atoms with van der Waals surface area (Å²) < 4.78 is 0. The van der Waals surface area contributed by atoms with E-state index in [1.54, 1.807) is 42.5 Å². The van der Waals surface area contributed by atoms with Crippen molar-refractivity contribution in [2.75, 3.05) is 0 Å². The highest BCUT2D eigenvalue weighted by atomic mass is 35.5. The lowest BCUT2D eigenvalue weighted by Gasteiger charge is -2.29. The standard InChI is InChI=1S/C22H21ClN4O4/c23-15-4-2-14(3-5-15)22(25,21(24)31)10-12-1-6-16-13(9-12)11-27(20(16)30)17-7-8-18(28)26-19(17)29/h1-6,9,17H,7-8,10-11,25H2,(H2,24,31)(H,26,28,29). The van der Waals surface area contributed by atoms with Gasteiger partial charge in [-0.1, -0.05) is 35.9 Å². The summed E-state index contributed by atoms with van der Waals surface area (Å²) >= 11 is 5.93. The summed E-state index contributed by atoms with van der Waals surface area (Å²) in [5, 5.41) is 2.80. The number of nitrogens with two attached hydrogens (primary N) is 2. The van der Waals surface area contributed by atoms with Crippen molar-refractivity contribution in [2.45, 2.75) is 37.4 Å². The van der Waals surface area contributed by atoms with Crippen molar-refractivity contribution < 1.29 is 19.2 Å². The van der Waals surface area contributed by atoms with Gasteiger partial charge in [0.15, 0.2) is 0 Å². The van der Waals surface area contributed by atoms with E-state index in [2.05, 4.69) is 5.32 Å². The molecule has 1 saturated heterocycles. The Kier molecular flexibility index (Phi) is 5.28. The molecule has 9 heteroatoms. The molecule has 8 nitrogen and oxygen atoms in total. The Hall–Kier alpha value is -3.23. The Balaban J connectivity index is 1.59. The smallest absolute Gasteiger partial charge is 0.255 e. The van der Waals surface area contributed by atoms with E-state index >= 15 is 0 Å². The van der Waals surface area contributed by atoms with Gasteiger partial charge in [0, 0.05) is 30.0 Å². The van der Waals surface area contributed by atoms with Crippen LogP contribution in [0.15, 0.2) is 42.5 Å². The van der Waals surface area contributed by atoms with Gasteiger partial charge >= 0.3 is 0 Å². The van der Waals surface area contributed by atoms with Gasteiger partial charge in [-0.15, -0.1) is 0 Å². The zero-order valence-electron chi connectivity index (χ0n) is 16.6. The molecular weight excluding hydrogens is 420 g/mol. The highest BCUT2D eigenvalue weighted by Crippen LogP contribution is 2.31. The second-order valence-corrected chi connectivity index (χ2v) is 8.35. The monoisotopic (exact) mass is 440 g/mol. The molecule has 2 atom stereocenters. The fraction of sp³-hybridized carbons (Fsp3) is 0.273. The van der Waals surface area contributed by atoms with Gasteiger partial charge in [-0.05, 0) is 41.3 Å². The van der Waals surface area contributed by atoms with Gasteiger partial charge in [0.05, 0.1) is 0 Å². The molecule has 0 spiro atoms. The molecule has 160 valence electrons. The van der Waals surface area contributed by atoms with Crippen LogP contribution in [0.2, 0.25) is 5.02 Å². The number of amides is 4. The maximum atomic E-state index is 12.8. The minimum atomic E-state index is -1.45. The van der Waals surface area contributed by atoms with Gasteiger partial charge in [-0.3, -0.25) is 24.5 Å². The Morgan fingerprint density at radius 3 is 2.52 bits per heavy atom. The number of halogens is 1. The fourth-order valence-corrected chi connectivity index (χ4v) is 4.26. The van der Waals surface area contributed by atoms with Crippen LogP contribution < -0.4 is 16.8 Å². The van der Waals surface area contributed by atoms with E-state index in [1.165, 1.54) is 4.90 Å². The van der Waals surface area contributed by atoms with Crippen LogP contribution in [0.3, 0.4) is 0 Å². The van der Waals surface area contributed by atoms with Crippen molar-refractivity contribution in [1.82, 2.24) is 10.2 Å². The maximum Gasteiger partial charge on any atom is 0.255 e. The second kappa shape index (κ2) is 7.79. The van der Waals surface area contributed by atoms with E-state index in [-0.39, 0.29) is 31.2 Å². The van der Waals surface area contributed by atoms with Crippen LogP contribution in [0, 0.1) is 0 Å². The summed E-state index contributed by atoms with van der Waals surface area (Å²) in [7, 11) is 0. The lowest BCUT2D eigenvalue weighted by Crippen LogP contribution is -2.52. The number of primary amides is 1. The van der Waals surface area contributed by atoms with Gasteiger partial charge < -0.3 is 16.4 Å². The number of hydrogen-bond donors (Lipinski definition) is 3. The number of fused-ring (bicyclic) bond motifs is 1. The first-order chi connectivity index (χ1) is 14.7. The quantitative estimate of drug-likeness (QED) is 0.595. The van der Waals surface area contributed by atoms with Crippen molar-refractivity contribution in [3.8, 4) is 0 Å². The minimum Gasteiger partial charge on any atom is -0.368 e. The Morgan fingerprint density at radius 2 is 1.87 bits per heavy atom. The molecule has 0 aliphatic carbocycles. The Labute approximate surface area is 183 Å². The molecule has 2 aromatic rings. The molecule has 2 unspecified atom stereocenters. The summed E-state index contributed by atoms with van der Waals surface area (Å²) in [5.74, 6) is -1.74. The van der Waals surface area contributed by atoms with Crippen LogP contribution in [0.25, 0.3) is 0 Å². The number of hydrogen-bond acceptors (Lipinski definition) is 5. The van der Waals surface area contributed by atoms with Crippen molar-refractivity contribution in [3.63, 3.8) is 0 Å². The molecule has 2 aromatic carbocycles. The highest BCUT2D eigenvalue weighted by Gasteiger charge is 2.40. The second-order valence-electron chi connectivity index (χ2n) is 7.91. The van der Waals surface area contributed by atoms with E-state index in [0.717, 1.165) is 11.1 Å². The van der Waals surface area contributed by atoms with Crippen LogP contribution >= 0.6 is 11.6 Å². The molecule has 0 bridgehead atoms. The molecule has 4 rings (SSSR count). The first-order valence-electron chi connectivity index (χ1n) is 9.80. The third-order valence-electron chi connectivity index (χ3n) is 5.87.